The number of halogens is 1. The van der Waals surface area contributed by atoms with Gasteiger partial charge >= 0.3 is 0 Å². The van der Waals surface area contributed by atoms with E-state index in [4.69, 9.17) is 5.26 Å². The zero-order valence-electron chi connectivity index (χ0n) is 8.94. The Kier molecular flexibility index (Phi) is 2.06. The molecule has 1 nitrogen and oxygen atoms in total. The largest absolute Gasteiger partial charge is 0.206 e. The lowest BCUT2D eigenvalue weighted by atomic mass is 9.97. The molecule has 0 radical (unpaired) electrons. The molecule has 0 aliphatic heterocycles. The second-order valence-corrected chi connectivity index (χ2v) is 3.92. The second-order valence-electron chi connectivity index (χ2n) is 3.92. The maximum atomic E-state index is 13.8. The van der Waals surface area contributed by atoms with E-state index < -0.39 is 0 Å². The summed E-state index contributed by atoms with van der Waals surface area (Å²) in [7, 11) is 0. The Labute approximate surface area is 97.7 Å². The van der Waals surface area contributed by atoms with Gasteiger partial charge in [0.05, 0.1) is 11.6 Å². The molecule has 0 spiro atoms. The van der Waals surface area contributed by atoms with Gasteiger partial charge in [-0.15, -0.1) is 0 Å². The van der Waals surface area contributed by atoms with Crippen LogP contribution in [0.2, 0.25) is 0 Å². The Hall–Kier alpha value is -2.40. The molecule has 3 aromatic rings. The molecule has 0 aliphatic rings. The highest BCUT2D eigenvalue weighted by atomic mass is 19.1. The number of fused-ring (bicyclic) bond motifs is 3. The van der Waals surface area contributed by atoms with Crippen LogP contribution in [0, 0.1) is 17.1 Å². The molecule has 0 heterocycles. The summed E-state index contributed by atoms with van der Waals surface area (Å²) in [4.78, 5) is 0. The minimum Gasteiger partial charge on any atom is -0.206 e. The lowest BCUT2D eigenvalue weighted by molar-refractivity contribution is 0.640. The third-order valence-corrected chi connectivity index (χ3v) is 2.95. The summed E-state index contributed by atoms with van der Waals surface area (Å²) in [6.45, 7) is 0. The van der Waals surface area contributed by atoms with Gasteiger partial charge in [0, 0.05) is 5.39 Å². The van der Waals surface area contributed by atoms with Gasteiger partial charge in [-0.05, 0) is 28.3 Å². The molecule has 0 fully saturated rings. The van der Waals surface area contributed by atoms with Gasteiger partial charge in [0.15, 0.2) is 0 Å². The summed E-state index contributed by atoms with van der Waals surface area (Å²) in [6.07, 6.45) is 0. The maximum absolute atomic E-state index is 13.8. The first-order valence-electron chi connectivity index (χ1n) is 5.31. The molecule has 0 N–H and O–H groups in total. The third-order valence-electron chi connectivity index (χ3n) is 2.95. The van der Waals surface area contributed by atoms with E-state index in [1.54, 1.807) is 12.1 Å². The molecule has 0 atom stereocenters. The average Bonchev–Trinajstić information content (AvgIpc) is 2.38. The van der Waals surface area contributed by atoms with Crippen LogP contribution in [0.3, 0.4) is 0 Å². The summed E-state index contributed by atoms with van der Waals surface area (Å²) < 4.78 is 13.8. The highest BCUT2D eigenvalue weighted by molar-refractivity contribution is 6.09. The Bertz CT molecular complexity index is 769. The quantitative estimate of drug-likeness (QED) is 0.526. The van der Waals surface area contributed by atoms with Gasteiger partial charge in [-0.25, -0.2) is 4.39 Å². The molecule has 0 aromatic heterocycles. The molecular weight excluding hydrogens is 213 g/mol. The molecule has 3 aromatic carbocycles. The fourth-order valence-electron chi connectivity index (χ4n) is 2.21. The first-order chi connectivity index (χ1) is 8.31. The predicted molar refractivity (Wildman–Crippen MR) is 66.1 cm³/mol. The van der Waals surface area contributed by atoms with Crippen LogP contribution in [0.4, 0.5) is 4.39 Å². The van der Waals surface area contributed by atoms with Crippen LogP contribution in [0.25, 0.3) is 21.5 Å². The van der Waals surface area contributed by atoms with Crippen molar-refractivity contribution >= 4 is 21.5 Å². The third kappa shape index (κ3) is 1.37. The van der Waals surface area contributed by atoms with Gasteiger partial charge in [-0.3, -0.25) is 0 Å². The van der Waals surface area contributed by atoms with E-state index in [2.05, 4.69) is 6.07 Å². The van der Waals surface area contributed by atoms with Crippen LogP contribution >= 0.6 is 0 Å². The summed E-state index contributed by atoms with van der Waals surface area (Å²) in [6, 6.07) is 16.4. The number of rotatable bonds is 0. The van der Waals surface area contributed by atoms with Crippen molar-refractivity contribution in [3.8, 4) is 6.07 Å². The van der Waals surface area contributed by atoms with Crippen molar-refractivity contribution in [3.05, 3.63) is 59.9 Å². The topological polar surface area (TPSA) is 23.8 Å². The first-order valence-corrected chi connectivity index (χ1v) is 5.31. The lowest BCUT2D eigenvalue weighted by Gasteiger charge is -2.06. The Balaban J connectivity index is 2.66. The van der Waals surface area contributed by atoms with Gasteiger partial charge in [0.2, 0.25) is 0 Å². The summed E-state index contributed by atoms with van der Waals surface area (Å²) in [5.41, 5.74) is 0.386. The van der Waals surface area contributed by atoms with Crippen LogP contribution in [0.5, 0.6) is 0 Å². The Morgan fingerprint density at radius 1 is 0.941 bits per heavy atom. The highest BCUT2D eigenvalue weighted by Crippen LogP contribution is 2.29. The van der Waals surface area contributed by atoms with Crippen molar-refractivity contribution < 1.29 is 4.39 Å². The van der Waals surface area contributed by atoms with E-state index in [9.17, 15) is 4.39 Å². The predicted octanol–water partition coefficient (Wildman–Crippen LogP) is 4.00. The Morgan fingerprint density at radius 2 is 1.71 bits per heavy atom. The molecule has 0 amide bonds. The van der Waals surface area contributed by atoms with Crippen molar-refractivity contribution in [1.82, 2.24) is 0 Å². The maximum Gasteiger partial charge on any atom is 0.132 e. The zero-order valence-corrected chi connectivity index (χ0v) is 8.94. The van der Waals surface area contributed by atoms with Crippen molar-refractivity contribution in [1.29, 1.82) is 5.26 Å². The lowest BCUT2D eigenvalue weighted by Crippen LogP contribution is -1.87. The standard InChI is InChI=1S/C15H8FN/c16-14-7-3-6-13-12-5-2-1-4-10(12)8-11(9-17)15(13)14/h1-8H. The van der Waals surface area contributed by atoms with E-state index in [1.807, 2.05) is 30.3 Å². The molecule has 0 unspecified atom stereocenters. The van der Waals surface area contributed by atoms with Crippen LogP contribution < -0.4 is 0 Å². The van der Waals surface area contributed by atoms with Crippen molar-refractivity contribution in [2.24, 2.45) is 0 Å². The summed E-state index contributed by atoms with van der Waals surface area (Å²) >= 11 is 0. The number of hydrogen-bond donors (Lipinski definition) is 0. The van der Waals surface area contributed by atoms with E-state index in [-0.39, 0.29) is 5.82 Å². The smallest absolute Gasteiger partial charge is 0.132 e. The molecule has 2 heteroatoms. The van der Waals surface area contributed by atoms with Crippen molar-refractivity contribution in [2.75, 3.05) is 0 Å². The zero-order chi connectivity index (χ0) is 11.8. The van der Waals surface area contributed by atoms with Crippen LogP contribution in [0.1, 0.15) is 5.56 Å². The van der Waals surface area contributed by atoms with Gasteiger partial charge in [0.25, 0.3) is 0 Å². The molecule has 0 aliphatic carbocycles. The molecule has 3 rings (SSSR count). The van der Waals surface area contributed by atoms with Crippen LogP contribution in [-0.2, 0) is 0 Å². The van der Waals surface area contributed by atoms with Gasteiger partial charge < -0.3 is 0 Å². The molecule has 80 valence electrons. The second kappa shape index (κ2) is 3.57. The monoisotopic (exact) mass is 221 g/mol. The highest BCUT2D eigenvalue weighted by Gasteiger charge is 2.09. The van der Waals surface area contributed by atoms with E-state index in [1.165, 1.54) is 6.07 Å². The van der Waals surface area contributed by atoms with Gasteiger partial charge in [-0.2, -0.15) is 5.26 Å². The van der Waals surface area contributed by atoms with E-state index >= 15 is 0 Å². The van der Waals surface area contributed by atoms with Crippen molar-refractivity contribution in [3.63, 3.8) is 0 Å². The SMILES string of the molecule is N#Cc1cc2ccccc2c2cccc(F)c12. The van der Waals surface area contributed by atoms with E-state index in [0.29, 0.717) is 10.9 Å². The van der Waals surface area contributed by atoms with Crippen LogP contribution in [-0.4, -0.2) is 0 Å². The minimum atomic E-state index is -0.343. The summed E-state index contributed by atoms with van der Waals surface area (Å²) in [5.74, 6) is -0.343. The number of nitrogens with zero attached hydrogens (tertiary/aromatic N) is 1. The fraction of sp³-hybridized carbons (Fsp3) is 0. The Morgan fingerprint density at radius 3 is 2.53 bits per heavy atom. The fourth-order valence-corrected chi connectivity index (χ4v) is 2.21. The van der Waals surface area contributed by atoms with Crippen LogP contribution in [0.15, 0.2) is 48.5 Å². The summed E-state index contributed by atoms with van der Waals surface area (Å²) in [5, 5.41) is 12.2. The van der Waals surface area contributed by atoms with Gasteiger partial charge in [-0.1, -0.05) is 36.4 Å². The molecule has 0 saturated carbocycles. The van der Waals surface area contributed by atoms with Crippen molar-refractivity contribution in [2.45, 2.75) is 0 Å². The number of nitriles is 1. The average molecular weight is 221 g/mol. The number of benzene rings is 3. The molecule has 0 bridgehead atoms. The normalized spacial score (nSPS) is 10.6. The minimum absolute atomic E-state index is 0.343. The molecule has 17 heavy (non-hydrogen) atoms. The van der Waals surface area contributed by atoms with Gasteiger partial charge in [0.1, 0.15) is 5.82 Å². The van der Waals surface area contributed by atoms with E-state index in [0.717, 1.165) is 16.2 Å². The first kappa shape index (κ1) is 9.80. The molecule has 0 saturated heterocycles. The molecular formula is C15H8FN. The number of hydrogen-bond acceptors (Lipinski definition) is 1.